The molecule has 0 atom stereocenters. The number of methoxy groups -OCH3 is 1. The molecular formula is C15H12BrClFN3O2. The predicted octanol–water partition coefficient (Wildman–Crippen LogP) is 4.41. The van der Waals surface area contributed by atoms with Crippen molar-refractivity contribution in [3.05, 3.63) is 46.9 Å². The minimum atomic E-state index is -0.410. The Morgan fingerprint density at radius 1 is 1.22 bits per heavy atom. The number of aromatic nitrogens is 2. The summed E-state index contributed by atoms with van der Waals surface area (Å²) in [7, 11) is 1.45. The summed E-state index contributed by atoms with van der Waals surface area (Å²) in [5.74, 6) is 0.285. The van der Waals surface area contributed by atoms with Crippen molar-refractivity contribution in [3.63, 3.8) is 0 Å². The van der Waals surface area contributed by atoms with Gasteiger partial charge in [-0.2, -0.15) is 0 Å². The van der Waals surface area contributed by atoms with E-state index in [1.54, 1.807) is 18.2 Å². The summed E-state index contributed by atoms with van der Waals surface area (Å²) in [6.07, 6.45) is 1.34. The molecule has 120 valence electrons. The van der Waals surface area contributed by atoms with Crippen LogP contribution in [0.1, 0.15) is 0 Å². The van der Waals surface area contributed by atoms with Crippen LogP contribution in [0.4, 0.5) is 15.9 Å². The number of ether oxygens (including phenoxy) is 1. The lowest BCUT2D eigenvalue weighted by atomic mass is 10.2. The van der Waals surface area contributed by atoms with E-state index in [1.807, 2.05) is 0 Å². The summed E-state index contributed by atoms with van der Waals surface area (Å²) in [6.45, 7) is 0. The first-order valence-corrected chi connectivity index (χ1v) is 7.11. The highest BCUT2D eigenvalue weighted by Crippen LogP contribution is 2.34. The van der Waals surface area contributed by atoms with E-state index in [2.05, 4.69) is 31.2 Å². The van der Waals surface area contributed by atoms with Crippen LogP contribution in [0.5, 0.6) is 11.5 Å². The van der Waals surface area contributed by atoms with Gasteiger partial charge in [-0.05, 0) is 24.3 Å². The highest BCUT2D eigenvalue weighted by Gasteiger charge is 2.11. The third kappa shape index (κ3) is 3.46. The molecule has 5 nitrogen and oxygen atoms in total. The highest BCUT2D eigenvalue weighted by molar-refractivity contribution is 9.10. The standard InChI is InChI=1S/C15H11BrFN3O2.ClH/c1-22-14-5-9-12(6-13(14)21)18-7-19-15(9)20-11-3-2-8(16)4-10(11)17;/h2-7,21H,1H3,(H,18,19,20);1H. The van der Waals surface area contributed by atoms with Gasteiger partial charge in [0.2, 0.25) is 0 Å². The summed E-state index contributed by atoms with van der Waals surface area (Å²) in [4.78, 5) is 8.22. The van der Waals surface area contributed by atoms with Gasteiger partial charge in [-0.15, -0.1) is 12.4 Å². The minimum Gasteiger partial charge on any atom is -0.504 e. The van der Waals surface area contributed by atoms with Crippen molar-refractivity contribution in [2.75, 3.05) is 12.4 Å². The number of phenols is 1. The number of rotatable bonds is 3. The molecule has 0 bridgehead atoms. The van der Waals surface area contributed by atoms with E-state index >= 15 is 0 Å². The van der Waals surface area contributed by atoms with Crippen LogP contribution in [0.25, 0.3) is 10.9 Å². The summed E-state index contributed by atoms with van der Waals surface area (Å²) < 4.78 is 19.7. The highest BCUT2D eigenvalue weighted by atomic mass is 79.9. The van der Waals surface area contributed by atoms with Crippen LogP contribution in [0.2, 0.25) is 0 Å². The third-order valence-corrected chi connectivity index (χ3v) is 3.61. The fourth-order valence-electron chi connectivity index (χ4n) is 2.05. The maximum Gasteiger partial charge on any atom is 0.161 e. The third-order valence-electron chi connectivity index (χ3n) is 3.12. The lowest BCUT2D eigenvalue weighted by Gasteiger charge is -2.11. The number of aromatic hydroxyl groups is 1. The Hall–Kier alpha value is -2.12. The minimum absolute atomic E-state index is 0. The number of anilines is 2. The van der Waals surface area contributed by atoms with Crippen LogP contribution >= 0.6 is 28.3 Å². The molecule has 0 aliphatic rings. The Kier molecular flexibility index (Phi) is 5.23. The zero-order chi connectivity index (χ0) is 15.7. The first kappa shape index (κ1) is 17.2. The number of halogens is 3. The largest absolute Gasteiger partial charge is 0.504 e. The molecule has 0 aliphatic heterocycles. The van der Waals surface area contributed by atoms with Crippen molar-refractivity contribution >= 4 is 50.7 Å². The molecule has 8 heteroatoms. The summed E-state index contributed by atoms with van der Waals surface area (Å²) in [6, 6.07) is 7.76. The molecule has 0 fully saturated rings. The molecule has 3 aromatic rings. The van der Waals surface area contributed by atoms with Crippen molar-refractivity contribution in [3.8, 4) is 11.5 Å². The molecule has 23 heavy (non-hydrogen) atoms. The average molecular weight is 401 g/mol. The number of benzene rings is 2. The van der Waals surface area contributed by atoms with Crippen molar-refractivity contribution in [2.24, 2.45) is 0 Å². The number of phenolic OH excluding ortho intramolecular Hbond substituents is 1. The van der Waals surface area contributed by atoms with Gasteiger partial charge < -0.3 is 15.2 Å². The van der Waals surface area contributed by atoms with Gasteiger partial charge in [-0.1, -0.05) is 15.9 Å². The van der Waals surface area contributed by atoms with Crippen LogP contribution in [-0.4, -0.2) is 22.2 Å². The quantitative estimate of drug-likeness (QED) is 0.681. The van der Waals surface area contributed by atoms with Gasteiger partial charge >= 0.3 is 0 Å². The second-order valence-electron chi connectivity index (χ2n) is 4.51. The molecule has 0 saturated heterocycles. The molecule has 1 heterocycles. The molecule has 0 aliphatic carbocycles. The number of hydrogen-bond acceptors (Lipinski definition) is 5. The van der Waals surface area contributed by atoms with Gasteiger partial charge in [0.15, 0.2) is 11.5 Å². The fraction of sp³-hybridized carbons (Fsp3) is 0.0667. The lowest BCUT2D eigenvalue weighted by Crippen LogP contribution is -1.98. The van der Waals surface area contributed by atoms with Crippen LogP contribution in [-0.2, 0) is 0 Å². The maximum atomic E-state index is 13.9. The SMILES string of the molecule is COc1cc2c(Nc3ccc(Br)cc3F)ncnc2cc1O.Cl. The first-order valence-electron chi connectivity index (χ1n) is 6.32. The van der Waals surface area contributed by atoms with Crippen molar-refractivity contribution in [2.45, 2.75) is 0 Å². The van der Waals surface area contributed by atoms with Crippen LogP contribution in [0, 0.1) is 5.82 Å². The summed E-state index contributed by atoms with van der Waals surface area (Å²) >= 11 is 3.21. The summed E-state index contributed by atoms with van der Waals surface area (Å²) in [5.41, 5.74) is 0.809. The Balaban J connectivity index is 0.00000192. The molecule has 1 aromatic heterocycles. The first-order chi connectivity index (χ1) is 10.6. The van der Waals surface area contributed by atoms with E-state index in [-0.39, 0.29) is 23.8 Å². The number of hydrogen-bond donors (Lipinski definition) is 2. The molecule has 2 N–H and O–H groups in total. The molecular weight excluding hydrogens is 389 g/mol. The number of nitrogens with zero attached hydrogens (tertiary/aromatic N) is 2. The van der Waals surface area contributed by atoms with Crippen molar-refractivity contribution < 1.29 is 14.2 Å². The molecule has 0 saturated carbocycles. The topological polar surface area (TPSA) is 67.3 Å². The van der Waals surface area contributed by atoms with E-state index in [4.69, 9.17) is 4.74 Å². The van der Waals surface area contributed by atoms with Crippen molar-refractivity contribution in [1.29, 1.82) is 0 Å². The second-order valence-corrected chi connectivity index (χ2v) is 5.43. The van der Waals surface area contributed by atoms with Gasteiger partial charge in [0.05, 0.1) is 18.3 Å². The molecule has 2 aromatic carbocycles. The van der Waals surface area contributed by atoms with E-state index in [1.165, 1.54) is 25.6 Å². The molecule has 0 spiro atoms. The Bertz CT molecular complexity index is 863. The molecule has 0 unspecified atom stereocenters. The van der Waals surface area contributed by atoms with Gasteiger partial charge in [-0.3, -0.25) is 0 Å². The van der Waals surface area contributed by atoms with E-state index in [0.717, 1.165) is 0 Å². The monoisotopic (exact) mass is 399 g/mol. The van der Waals surface area contributed by atoms with E-state index in [0.29, 0.717) is 26.9 Å². The van der Waals surface area contributed by atoms with Crippen LogP contribution in [0.3, 0.4) is 0 Å². The maximum absolute atomic E-state index is 13.9. The van der Waals surface area contributed by atoms with E-state index < -0.39 is 5.82 Å². The van der Waals surface area contributed by atoms with Gasteiger partial charge in [0, 0.05) is 15.9 Å². The number of fused-ring (bicyclic) bond motifs is 1. The lowest BCUT2D eigenvalue weighted by molar-refractivity contribution is 0.374. The average Bonchev–Trinajstić information content (AvgIpc) is 2.49. The fourth-order valence-corrected chi connectivity index (χ4v) is 2.39. The summed E-state index contributed by atoms with van der Waals surface area (Å²) in [5, 5.41) is 13.3. The zero-order valence-electron chi connectivity index (χ0n) is 11.9. The Labute approximate surface area is 146 Å². The normalized spacial score (nSPS) is 10.2. The zero-order valence-corrected chi connectivity index (χ0v) is 14.3. The molecule has 0 radical (unpaired) electrons. The predicted molar refractivity (Wildman–Crippen MR) is 92.4 cm³/mol. The van der Waals surface area contributed by atoms with Crippen LogP contribution < -0.4 is 10.1 Å². The van der Waals surface area contributed by atoms with Gasteiger partial charge in [0.25, 0.3) is 0 Å². The molecule has 0 amide bonds. The van der Waals surface area contributed by atoms with Crippen molar-refractivity contribution in [1.82, 2.24) is 9.97 Å². The van der Waals surface area contributed by atoms with Crippen LogP contribution in [0.15, 0.2) is 41.1 Å². The smallest absolute Gasteiger partial charge is 0.161 e. The van der Waals surface area contributed by atoms with Gasteiger partial charge in [0.1, 0.15) is 18.0 Å². The number of nitrogens with one attached hydrogen (secondary N) is 1. The molecule has 3 rings (SSSR count). The van der Waals surface area contributed by atoms with Gasteiger partial charge in [-0.25, -0.2) is 14.4 Å². The van der Waals surface area contributed by atoms with E-state index in [9.17, 15) is 9.50 Å². The Morgan fingerprint density at radius 2 is 2.00 bits per heavy atom. The second kappa shape index (κ2) is 6.97. The Morgan fingerprint density at radius 3 is 2.70 bits per heavy atom.